The van der Waals surface area contributed by atoms with Crippen molar-refractivity contribution in [3.8, 4) is 0 Å². The molecule has 4 heteroatoms. The summed E-state index contributed by atoms with van der Waals surface area (Å²) in [5, 5.41) is 0. The number of hydrogen-bond acceptors (Lipinski definition) is 3. The Morgan fingerprint density at radius 1 is 1.19 bits per heavy atom. The predicted molar refractivity (Wildman–Crippen MR) is 87.4 cm³/mol. The molecule has 0 radical (unpaired) electrons. The fraction of sp³-hybridized carbons (Fsp3) is 0.706. The van der Waals surface area contributed by atoms with Gasteiger partial charge in [0.1, 0.15) is 0 Å². The molecule has 1 atom stereocenters. The molecule has 4 bridgehead atoms. The lowest BCUT2D eigenvalue weighted by Crippen LogP contribution is -2.58. The number of pyridine rings is 1. The highest BCUT2D eigenvalue weighted by atomic mass is 79.9. The normalized spacial score (nSPS) is 38.7. The highest BCUT2D eigenvalue weighted by Crippen LogP contribution is 2.61. The molecule has 5 rings (SSSR count). The average molecular weight is 350 g/mol. The maximum atomic E-state index is 5.98. The number of hydrogen-bond donors (Lipinski definition) is 2. The van der Waals surface area contributed by atoms with Crippen LogP contribution in [0.3, 0.4) is 0 Å². The summed E-state index contributed by atoms with van der Waals surface area (Å²) in [6.45, 7) is 0. The van der Waals surface area contributed by atoms with Gasteiger partial charge in [0, 0.05) is 28.8 Å². The van der Waals surface area contributed by atoms with Gasteiger partial charge in [-0.1, -0.05) is 0 Å². The van der Waals surface area contributed by atoms with Gasteiger partial charge in [0.05, 0.1) is 0 Å². The maximum absolute atomic E-state index is 5.98. The molecule has 21 heavy (non-hydrogen) atoms. The molecular weight excluding hydrogens is 326 g/mol. The van der Waals surface area contributed by atoms with Crippen LogP contribution in [0.4, 0.5) is 0 Å². The average Bonchev–Trinajstić information content (AvgIpc) is 2.45. The molecule has 1 unspecified atom stereocenters. The first-order valence-corrected chi connectivity index (χ1v) is 9.03. The molecule has 3 N–H and O–H groups in total. The molecule has 0 saturated heterocycles. The van der Waals surface area contributed by atoms with Gasteiger partial charge < -0.3 is 0 Å². The first-order chi connectivity index (χ1) is 10.2. The van der Waals surface area contributed by atoms with Crippen molar-refractivity contribution in [2.45, 2.75) is 51.0 Å². The molecule has 1 aromatic rings. The van der Waals surface area contributed by atoms with E-state index < -0.39 is 0 Å². The van der Waals surface area contributed by atoms with E-state index in [1.54, 1.807) is 0 Å². The summed E-state index contributed by atoms with van der Waals surface area (Å²) in [5.74, 6) is 8.87. The van der Waals surface area contributed by atoms with E-state index in [1.165, 1.54) is 38.5 Å². The van der Waals surface area contributed by atoms with Crippen LogP contribution in [0.1, 0.15) is 44.2 Å². The van der Waals surface area contributed by atoms with Crippen molar-refractivity contribution < 1.29 is 0 Å². The van der Waals surface area contributed by atoms with E-state index in [-0.39, 0.29) is 0 Å². The Hall–Kier alpha value is -0.450. The zero-order valence-corrected chi connectivity index (χ0v) is 14.0. The zero-order chi connectivity index (χ0) is 14.4. The van der Waals surface area contributed by atoms with Gasteiger partial charge in [-0.15, -0.1) is 0 Å². The van der Waals surface area contributed by atoms with Crippen LogP contribution >= 0.6 is 15.9 Å². The minimum Gasteiger partial charge on any atom is -0.271 e. The van der Waals surface area contributed by atoms with E-state index in [9.17, 15) is 0 Å². The van der Waals surface area contributed by atoms with Crippen molar-refractivity contribution in [2.24, 2.45) is 29.0 Å². The summed E-state index contributed by atoms with van der Waals surface area (Å²) in [7, 11) is 0. The van der Waals surface area contributed by atoms with Crippen LogP contribution in [0.2, 0.25) is 0 Å². The number of nitrogens with zero attached hydrogens (tertiary/aromatic N) is 1. The third-order valence-electron chi connectivity index (χ3n) is 6.23. The number of halogens is 1. The molecule has 4 fully saturated rings. The van der Waals surface area contributed by atoms with E-state index in [0.29, 0.717) is 11.5 Å². The van der Waals surface area contributed by atoms with E-state index in [4.69, 9.17) is 5.84 Å². The molecule has 4 aliphatic carbocycles. The monoisotopic (exact) mass is 349 g/mol. The van der Waals surface area contributed by atoms with Crippen molar-refractivity contribution in [3.05, 3.63) is 28.5 Å². The number of hydrazine groups is 1. The lowest BCUT2D eigenvalue weighted by Gasteiger charge is -2.59. The molecule has 1 aromatic heterocycles. The van der Waals surface area contributed by atoms with Gasteiger partial charge in [0.2, 0.25) is 0 Å². The molecule has 4 aliphatic rings. The lowest BCUT2D eigenvalue weighted by molar-refractivity contribution is -0.0738. The van der Waals surface area contributed by atoms with E-state index in [1.807, 2.05) is 6.20 Å². The summed E-state index contributed by atoms with van der Waals surface area (Å²) in [5.41, 5.74) is 4.75. The Bertz CT molecular complexity index is 478. The first-order valence-electron chi connectivity index (χ1n) is 8.23. The summed E-state index contributed by atoms with van der Waals surface area (Å²) in [6.07, 6.45) is 11.4. The maximum Gasteiger partial charge on any atom is 0.0420 e. The fourth-order valence-electron chi connectivity index (χ4n) is 5.79. The van der Waals surface area contributed by atoms with Gasteiger partial charge in [-0.2, -0.15) is 0 Å². The third-order valence-corrected chi connectivity index (χ3v) is 6.70. The smallest absolute Gasteiger partial charge is 0.0420 e. The molecule has 3 nitrogen and oxygen atoms in total. The molecule has 0 amide bonds. The third kappa shape index (κ3) is 2.55. The Kier molecular flexibility index (Phi) is 3.59. The Morgan fingerprint density at radius 3 is 2.29 bits per heavy atom. The SMILES string of the molecule is NNC(Cc1ccc(Br)cn1)C12CC3CC(CC(C3)C1)C2. The van der Waals surface area contributed by atoms with E-state index in [2.05, 4.69) is 38.5 Å². The van der Waals surface area contributed by atoms with Gasteiger partial charge in [0.25, 0.3) is 0 Å². The van der Waals surface area contributed by atoms with Crippen LogP contribution in [-0.2, 0) is 6.42 Å². The largest absolute Gasteiger partial charge is 0.271 e. The predicted octanol–water partition coefficient (Wildman–Crippen LogP) is 3.43. The van der Waals surface area contributed by atoms with Crippen molar-refractivity contribution in [3.63, 3.8) is 0 Å². The van der Waals surface area contributed by atoms with Crippen LogP contribution in [0.15, 0.2) is 22.8 Å². The molecule has 4 saturated carbocycles. The minimum atomic E-state index is 0.375. The Morgan fingerprint density at radius 2 is 1.81 bits per heavy atom. The van der Waals surface area contributed by atoms with Crippen LogP contribution in [0.5, 0.6) is 0 Å². The van der Waals surface area contributed by atoms with E-state index in [0.717, 1.165) is 34.3 Å². The summed E-state index contributed by atoms with van der Waals surface area (Å²) in [4.78, 5) is 4.55. The fourth-order valence-corrected chi connectivity index (χ4v) is 6.03. The topological polar surface area (TPSA) is 50.9 Å². The van der Waals surface area contributed by atoms with Gasteiger partial charge >= 0.3 is 0 Å². The van der Waals surface area contributed by atoms with E-state index >= 15 is 0 Å². The Balaban J connectivity index is 1.56. The molecule has 1 heterocycles. The van der Waals surface area contributed by atoms with Gasteiger partial charge in [-0.05, 0) is 89.8 Å². The molecule has 0 spiro atoms. The van der Waals surface area contributed by atoms with Crippen molar-refractivity contribution in [1.82, 2.24) is 10.4 Å². The standard InChI is InChI=1S/C17H24BrN3/c18-14-1-2-15(20-10-14)6-16(21-19)17-7-11-3-12(8-17)5-13(4-11)9-17/h1-2,10-13,16,21H,3-9,19H2. The molecule has 0 aromatic carbocycles. The second kappa shape index (κ2) is 5.32. The molecule has 0 aliphatic heterocycles. The highest BCUT2D eigenvalue weighted by molar-refractivity contribution is 9.10. The van der Waals surface area contributed by atoms with Crippen LogP contribution in [0, 0.1) is 23.2 Å². The summed E-state index contributed by atoms with van der Waals surface area (Å²) in [6, 6.07) is 4.57. The van der Waals surface area contributed by atoms with Gasteiger partial charge in [0.15, 0.2) is 0 Å². The molecule has 114 valence electrons. The number of aromatic nitrogens is 1. The van der Waals surface area contributed by atoms with Crippen LogP contribution < -0.4 is 11.3 Å². The summed E-state index contributed by atoms with van der Waals surface area (Å²) < 4.78 is 1.04. The van der Waals surface area contributed by atoms with Crippen molar-refractivity contribution in [1.29, 1.82) is 0 Å². The minimum absolute atomic E-state index is 0.375. The lowest BCUT2D eigenvalue weighted by atomic mass is 9.47. The second-order valence-corrected chi connectivity index (χ2v) is 8.59. The van der Waals surface area contributed by atoms with Crippen LogP contribution in [0.25, 0.3) is 0 Å². The first kappa shape index (κ1) is 14.2. The second-order valence-electron chi connectivity index (χ2n) is 7.67. The summed E-state index contributed by atoms with van der Waals surface area (Å²) >= 11 is 3.46. The zero-order valence-electron chi connectivity index (χ0n) is 12.4. The quantitative estimate of drug-likeness (QED) is 0.646. The Labute approximate surface area is 135 Å². The van der Waals surface area contributed by atoms with Crippen molar-refractivity contribution in [2.75, 3.05) is 0 Å². The highest BCUT2D eigenvalue weighted by Gasteiger charge is 2.53. The molecular formula is C17H24BrN3. The number of nitrogens with two attached hydrogens (primary N) is 1. The van der Waals surface area contributed by atoms with Gasteiger partial charge in [-0.3, -0.25) is 16.3 Å². The van der Waals surface area contributed by atoms with Crippen molar-refractivity contribution >= 4 is 15.9 Å². The van der Waals surface area contributed by atoms with Crippen LogP contribution in [-0.4, -0.2) is 11.0 Å². The number of rotatable bonds is 4. The number of nitrogens with one attached hydrogen (secondary N) is 1. The van der Waals surface area contributed by atoms with Gasteiger partial charge in [-0.25, -0.2) is 0 Å².